The third-order valence-electron chi connectivity index (χ3n) is 17.7. The summed E-state index contributed by atoms with van der Waals surface area (Å²) >= 11 is 0. The Hall–Kier alpha value is -13.2. The van der Waals surface area contributed by atoms with Gasteiger partial charge in [-0.25, -0.2) is 4.79 Å². The number of pyridine rings is 4. The summed E-state index contributed by atoms with van der Waals surface area (Å²) in [7, 11) is 7.45. The molecule has 0 radical (unpaired) electrons. The van der Waals surface area contributed by atoms with Gasteiger partial charge in [0.2, 0.25) is 23.6 Å². The molecule has 0 aromatic carbocycles. The number of carbonyl (C=O) groups is 12. The van der Waals surface area contributed by atoms with Crippen molar-refractivity contribution in [1.29, 1.82) is 0 Å². The van der Waals surface area contributed by atoms with Gasteiger partial charge >= 0.3 is 53.5 Å². The van der Waals surface area contributed by atoms with Crippen LogP contribution in [0.25, 0.3) is 0 Å². The Morgan fingerprint density at radius 1 is 0.418 bits per heavy atom. The van der Waals surface area contributed by atoms with Crippen molar-refractivity contribution in [2.45, 2.75) is 107 Å². The van der Waals surface area contributed by atoms with Gasteiger partial charge in [0.15, 0.2) is 6.61 Å². The number of amides is 11. The largest absolute Gasteiger partial charge is 0.449 e. The molecule has 40 heteroatoms. The Labute approximate surface area is 626 Å². The molecule has 8 aromatic heterocycles. The van der Waals surface area contributed by atoms with Gasteiger partial charge in [-0.05, 0) is 126 Å². The fourth-order valence-corrected chi connectivity index (χ4v) is 12.3. The van der Waals surface area contributed by atoms with Crippen molar-refractivity contribution in [3.63, 3.8) is 0 Å². The average Bonchev–Trinajstić information content (AvgIpc) is 1.57. The number of hydrogen-bond donors (Lipinski definition) is 9. The summed E-state index contributed by atoms with van der Waals surface area (Å²) in [6.07, 6.45) is 24.0. The van der Waals surface area contributed by atoms with E-state index >= 15 is 0 Å². The number of hydrogen-bond acceptors (Lipinski definition) is 22. The molecule has 8 aromatic rings. The van der Waals surface area contributed by atoms with Crippen molar-refractivity contribution in [3.8, 4) is 0 Å². The van der Waals surface area contributed by atoms with Gasteiger partial charge in [0.25, 0.3) is 0 Å². The van der Waals surface area contributed by atoms with E-state index in [1.165, 1.54) is 80.3 Å². The molecular formula is C70H83F3N24O13. The Balaban J connectivity index is 0.000000176. The van der Waals surface area contributed by atoms with Crippen LogP contribution in [-0.4, -0.2) is 184 Å². The predicted molar refractivity (Wildman–Crippen MR) is 385 cm³/mol. The van der Waals surface area contributed by atoms with Gasteiger partial charge < -0.3 is 69.0 Å². The lowest BCUT2D eigenvalue weighted by molar-refractivity contribution is -0.186. The second-order valence-electron chi connectivity index (χ2n) is 25.4. The molecular weight excluding hydrogens is 1440 g/mol. The molecule has 4 saturated heterocycles. The standard InChI is InChI=1S/3C17H20N6O3.C10H8F3N3O4.C9H15N3/c3*1-22-13(5-6-20-22)14-4-2-3-7-23(14)17(26)16(25)21-12-8-11(15(18)24)9-19-10-12;11-10(12,13)4-20-9(19)8(18)16-6-1-5(7(14)17)2-15-3-6;1-12-9(5-7-11-12)8-4-2-3-6-10-8/h3*5-6,8-10,14H,2-4,7H2,1H3,(H2,18,24)(H,21,25);1-3H,4H2,(H2,14,17)(H,16,18);5,7-8,10H,2-4,6H2,1H3/t2*14-;;;/m10.../s1. The van der Waals surface area contributed by atoms with Gasteiger partial charge in [-0.15, -0.1) is 0 Å². The van der Waals surface area contributed by atoms with Gasteiger partial charge in [-0.3, -0.25) is 91.4 Å². The molecule has 11 amide bonds. The van der Waals surface area contributed by atoms with Crippen LogP contribution in [0.5, 0.6) is 0 Å². The molecule has 0 saturated carbocycles. The van der Waals surface area contributed by atoms with E-state index < -0.39 is 83.7 Å². The maximum Gasteiger partial charge on any atom is 0.422 e. The summed E-state index contributed by atoms with van der Waals surface area (Å²) < 4.78 is 46.2. The van der Waals surface area contributed by atoms with Crippen LogP contribution in [0.15, 0.2) is 123 Å². The van der Waals surface area contributed by atoms with Crippen molar-refractivity contribution in [2.75, 3.05) is 54.1 Å². The second-order valence-corrected chi connectivity index (χ2v) is 25.4. The molecule has 4 fully saturated rings. The summed E-state index contributed by atoms with van der Waals surface area (Å²) in [6, 6.07) is 12.9. The number of nitrogens with one attached hydrogen (secondary N) is 5. The number of primary amides is 4. The molecule has 2 unspecified atom stereocenters. The van der Waals surface area contributed by atoms with Crippen molar-refractivity contribution < 1.29 is 75.4 Å². The predicted octanol–water partition coefficient (Wildman–Crippen LogP) is 3.28. The zero-order valence-corrected chi connectivity index (χ0v) is 60.3. The minimum absolute atomic E-state index is 0.0496. The van der Waals surface area contributed by atoms with E-state index in [9.17, 15) is 70.7 Å². The van der Waals surface area contributed by atoms with Crippen molar-refractivity contribution in [1.82, 2.24) is 79.1 Å². The number of carbonyl (C=O) groups excluding carboxylic acids is 12. The summed E-state index contributed by atoms with van der Waals surface area (Å²) in [5.74, 6) is -10.2. The number of esters is 1. The minimum Gasteiger partial charge on any atom is -0.449 e. The van der Waals surface area contributed by atoms with Gasteiger partial charge in [-0.2, -0.15) is 33.6 Å². The summed E-state index contributed by atoms with van der Waals surface area (Å²) in [5, 5.41) is 29.5. The van der Waals surface area contributed by atoms with Crippen LogP contribution < -0.4 is 49.5 Å². The maximum atomic E-state index is 12.7. The third-order valence-corrected chi connectivity index (χ3v) is 17.7. The van der Waals surface area contributed by atoms with Crippen LogP contribution in [0.2, 0.25) is 0 Å². The van der Waals surface area contributed by atoms with Crippen molar-refractivity contribution >= 4 is 93.7 Å². The summed E-state index contributed by atoms with van der Waals surface area (Å²) in [5.41, 5.74) is 25.6. The van der Waals surface area contributed by atoms with Crippen LogP contribution in [-0.2, 0) is 71.3 Å². The van der Waals surface area contributed by atoms with E-state index in [0.717, 1.165) is 99.9 Å². The number of nitrogens with two attached hydrogens (primary N) is 4. The lowest BCUT2D eigenvalue weighted by Crippen LogP contribution is -2.44. The fourth-order valence-electron chi connectivity index (χ4n) is 12.3. The smallest absolute Gasteiger partial charge is 0.422 e. The Kier molecular flexibility index (Phi) is 29.2. The monoisotopic (exact) mass is 1520 g/mol. The number of nitrogens with zero attached hydrogens (tertiary/aromatic N) is 15. The number of rotatable bonds is 13. The molecule has 13 N–H and O–H groups in total. The summed E-state index contributed by atoms with van der Waals surface area (Å²) in [6.45, 7) is 0.777. The number of ether oxygens (including phenoxy) is 1. The first-order valence-electron chi connectivity index (χ1n) is 34.5. The van der Waals surface area contributed by atoms with Crippen LogP contribution in [0.4, 0.5) is 35.9 Å². The number of likely N-dealkylation sites (tertiary alicyclic amines) is 3. The zero-order valence-electron chi connectivity index (χ0n) is 60.3. The number of halogens is 3. The Morgan fingerprint density at radius 3 is 0.973 bits per heavy atom. The molecule has 0 bridgehead atoms. The molecule has 4 aliphatic heterocycles. The topological polar surface area (TPSA) is 511 Å². The number of aryl methyl sites for hydroxylation is 4. The Morgan fingerprint density at radius 2 is 0.709 bits per heavy atom. The highest BCUT2D eigenvalue weighted by Crippen LogP contribution is 2.34. The van der Waals surface area contributed by atoms with E-state index in [2.05, 4.69) is 72.4 Å². The van der Waals surface area contributed by atoms with E-state index in [1.807, 2.05) is 62.6 Å². The minimum atomic E-state index is -4.73. The first kappa shape index (κ1) is 82.5. The fraction of sp³-hybridized carbons (Fsp3) is 0.371. The van der Waals surface area contributed by atoms with Crippen molar-refractivity contribution in [3.05, 3.63) is 168 Å². The van der Waals surface area contributed by atoms with Crippen LogP contribution in [0, 0.1) is 0 Å². The highest BCUT2D eigenvalue weighted by molar-refractivity contribution is 6.41. The normalized spacial score (nSPS) is 16.6. The van der Waals surface area contributed by atoms with E-state index in [1.54, 1.807) is 47.3 Å². The second kappa shape index (κ2) is 38.9. The van der Waals surface area contributed by atoms with Gasteiger partial charge in [-0.1, -0.05) is 6.42 Å². The van der Waals surface area contributed by atoms with E-state index in [-0.39, 0.29) is 63.1 Å². The number of alkyl halides is 3. The molecule has 37 nitrogen and oxygen atoms in total. The molecule has 12 rings (SSSR count). The first-order valence-corrected chi connectivity index (χ1v) is 34.5. The molecule has 4 aliphatic rings. The van der Waals surface area contributed by atoms with Gasteiger partial charge in [0.1, 0.15) is 0 Å². The van der Waals surface area contributed by atoms with E-state index in [0.29, 0.717) is 25.7 Å². The SMILES string of the molecule is Cn1nccc1C1CCCCN1.Cn1nccc1C1CCCCN1C(=O)C(=O)Nc1cncc(C(N)=O)c1.Cn1nccc1[C@@H]1CCCCN1C(=O)C(=O)Nc1cncc(C(N)=O)c1.Cn1nccc1[C@H]1CCCCN1C(=O)C(=O)Nc1cncc(C(N)=O)c1.NC(=O)c1cncc(NC(=O)C(=O)OCC(F)(F)F)c1. The highest BCUT2D eigenvalue weighted by atomic mass is 19.4. The van der Waals surface area contributed by atoms with Crippen molar-refractivity contribution in [2.24, 2.45) is 51.1 Å². The average molecular weight is 1530 g/mol. The quantitative estimate of drug-likeness (QED) is 0.0590. The lowest BCUT2D eigenvalue weighted by Gasteiger charge is -2.35. The Bertz CT molecular complexity index is 4300. The lowest BCUT2D eigenvalue weighted by atomic mass is 9.99. The molecule has 4 atom stereocenters. The van der Waals surface area contributed by atoms with Crippen LogP contribution in [0.1, 0.15) is 165 Å². The zero-order chi connectivity index (χ0) is 79.8. The molecule has 582 valence electrons. The van der Waals surface area contributed by atoms with Crippen LogP contribution in [0.3, 0.4) is 0 Å². The third kappa shape index (κ3) is 23.2. The van der Waals surface area contributed by atoms with E-state index in [4.69, 9.17) is 22.9 Å². The summed E-state index contributed by atoms with van der Waals surface area (Å²) in [4.78, 5) is 162. The maximum absolute atomic E-state index is 12.7. The van der Waals surface area contributed by atoms with Gasteiger partial charge in [0.05, 0.1) is 111 Å². The molecule has 110 heavy (non-hydrogen) atoms. The first-order chi connectivity index (χ1) is 52.5. The van der Waals surface area contributed by atoms with Crippen LogP contribution >= 0.6 is 0 Å². The highest BCUT2D eigenvalue weighted by Gasteiger charge is 2.37. The number of piperidine rings is 4. The van der Waals surface area contributed by atoms with Gasteiger partial charge in [0, 0.05) is 103 Å². The molecule has 0 aliphatic carbocycles. The molecule has 12 heterocycles. The number of aromatic nitrogens is 12. The number of anilines is 4. The molecule has 0 spiro atoms.